The van der Waals surface area contributed by atoms with Gasteiger partial charge >= 0.3 is 0 Å². The van der Waals surface area contributed by atoms with Gasteiger partial charge in [-0.2, -0.15) is 0 Å². The van der Waals surface area contributed by atoms with Gasteiger partial charge in [0.2, 0.25) is 5.91 Å². The maximum atomic E-state index is 12.3. The number of para-hydroxylation sites is 1. The third-order valence-electron chi connectivity index (χ3n) is 3.40. The molecule has 0 aliphatic heterocycles. The van der Waals surface area contributed by atoms with Crippen LogP contribution < -0.4 is 0 Å². The van der Waals surface area contributed by atoms with Gasteiger partial charge in [-0.1, -0.05) is 18.2 Å². The highest BCUT2D eigenvalue weighted by atomic mass is 16.3. The van der Waals surface area contributed by atoms with Gasteiger partial charge in [-0.3, -0.25) is 4.79 Å². The van der Waals surface area contributed by atoms with Gasteiger partial charge in [-0.05, 0) is 24.4 Å². The van der Waals surface area contributed by atoms with Crippen molar-refractivity contribution in [2.75, 3.05) is 26.3 Å². The zero-order valence-corrected chi connectivity index (χ0v) is 11.6. The van der Waals surface area contributed by atoms with Crippen LogP contribution in [0.4, 0.5) is 0 Å². The molecule has 0 unspecified atom stereocenters. The molecule has 0 aliphatic carbocycles. The molecule has 0 fully saturated rings. The summed E-state index contributed by atoms with van der Waals surface area (Å²) >= 11 is 0. The molecule has 2 aromatic rings. The second kappa shape index (κ2) is 6.54. The molecule has 0 spiro atoms. The quantitative estimate of drug-likeness (QED) is 0.819. The molecule has 2 rings (SSSR count). The molecule has 1 aromatic heterocycles. The summed E-state index contributed by atoms with van der Waals surface area (Å²) in [6, 6.07) is 9.96. The predicted octanol–water partition coefficient (Wildman–Crippen LogP) is 0.763. The zero-order valence-electron chi connectivity index (χ0n) is 11.6. The molecule has 108 valence electrons. The maximum absolute atomic E-state index is 12.3. The van der Waals surface area contributed by atoms with E-state index >= 15 is 0 Å². The van der Waals surface area contributed by atoms with Gasteiger partial charge in [-0.15, -0.1) is 0 Å². The highest BCUT2D eigenvalue weighted by Gasteiger charge is 2.15. The Bertz CT molecular complexity index is 586. The number of aliphatic hydroxyl groups excluding tert-OH is 2. The van der Waals surface area contributed by atoms with Crippen LogP contribution in [-0.4, -0.2) is 51.9 Å². The van der Waals surface area contributed by atoms with E-state index in [2.05, 4.69) is 0 Å². The van der Waals surface area contributed by atoms with Crippen LogP contribution in [-0.2, 0) is 11.3 Å². The lowest BCUT2D eigenvalue weighted by Crippen LogP contribution is -2.38. The first-order chi connectivity index (χ1) is 9.67. The van der Waals surface area contributed by atoms with Gasteiger partial charge in [0.1, 0.15) is 6.54 Å². The Kier molecular flexibility index (Phi) is 4.76. The molecule has 0 atom stereocenters. The van der Waals surface area contributed by atoms with E-state index in [0.717, 1.165) is 16.6 Å². The van der Waals surface area contributed by atoms with Crippen molar-refractivity contribution in [3.8, 4) is 0 Å². The third-order valence-corrected chi connectivity index (χ3v) is 3.40. The van der Waals surface area contributed by atoms with E-state index in [0.29, 0.717) is 0 Å². The molecule has 0 saturated carbocycles. The number of aliphatic hydroxyl groups is 2. The van der Waals surface area contributed by atoms with E-state index in [1.54, 1.807) is 0 Å². The molecule has 1 heterocycles. The number of aromatic nitrogens is 1. The fraction of sp³-hybridized carbons (Fsp3) is 0.400. The summed E-state index contributed by atoms with van der Waals surface area (Å²) in [6.45, 7) is 2.48. The Balaban J connectivity index is 2.22. The van der Waals surface area contributed by atoms with Gasteiger partial charge in [-0.25, -0.2) is 0 Å². The molecular formula is C15H20N2O3. The van der Waals surface area contributed by atoms with Gasteiger partial charge in [0.15, 0.2) is 0 Å². The van der Waals surface area contributed by atoms with Crippen LogP contribution >= 0.6 is 0 Å². The molecule has 0 bridgehead atoms. The van der Waals surface area contributed by atoms with E-state index < -0.39 is 0 Å². The highest BCUT2D eigenvalue weighted by molar-refractivity contribution is 5.84. The van der Waals surface area contributed by atoms with Gasteiger partial charge in [0.05, 0.1) is 13.2 Å². The fourth-order valence-electron chi connectivity index (χ4n) is 2.40. The van der Waals surface area contributed by atoms with Crippen LogP contribution in [0.3, 0.4) is 0 Å². The first-order valence-corrected chi connectivity index (χ1v) is 6.71. The molecular weight excluding hydrogens is 256 g/mol. The van der Waals surface area contributed by atoms with E-state index in [9.17, 15) is 4.79 Å². The van der Waals surface area contributed by atoms with Crippen LogP contribution in [0, 0.1) is 6.92 Å². The number of fused-ring (bicyclic) bond motifs is 1. The summed E-state index contributed by atoms with van der Waals surface area (Å²) in [5.74, 6) is -0.0995. The standard InChI is InChI=1S/C15H20N2O3/c1-12-10-13-4-2-3-5-14(13)17(12)11-15(20)16(6-8-18)7-9-19/h2-5,10,18-19H,6-9,11H2,1H3. The Labute approximate surface area is 118 Å². The summed E-state index contributed by atoms with van der Waals surface area (Å²) in [7, 11) is 0. The Morgan fingerprint density at radius 2 is 1.85 bits per heavy atom. The van der Waals surface area contributed by atoms with Crippen LogP contribution in [0.1, 0.15) is 5.69 Å². The summed E-state index contributed by atoms with van der Waals surface area (Å²) in [5, 5.41) is 19.1. The number of benzene rings is 1. The minimum absolute atomic E-state index is 0.0995. The van der Waals surface area contributed by atoms with Crippen LogP contribution in [0.15, 0.2) is 30.3 Å². The van der Waals surface area contributed by atoms with Crippen molar-refractivity contribution in [2.24, 2.45) is 0 Å². The van der Waals surface area contributed by atoms with Gasteiger partial charge in [0.25, 0.3) is 0 Å². The van der Waals surface area contributed by atoms with E-state index in [1.807, 2.05) is 41.8 Å². The van der Waals surface area contributed by atoms with Crippen molar-refractivity contribution >= 4 is 16.8 Å². The average molecular weight is 276 g/mol. The molecule has 1 aromatic carbocycles. The largest absolute Gasteiger partial charge is 0.395 e. The lowest BCUT2D eigenvalue weighted by molar-refractivity contribution is -0.132. The van der Waals surface area contributed by atoms with Crippen LogP contribution in [0.2, 0.25) is 0 Å². The number of nitrogens with zero attached hydrogens (tertiary/aromatic N) is 2. The van der Waals surface area contributed by atoms with Crippen molar-refractivity contribution in [2.45, 2.75) is 13.5 Å². The summed E-state index contributed by atoms with van der Waals surface area (Å²) in [4.78, 5) is 13.7. The minimum Gasteiger partial charge on any atom is -0.395 e. The average Bonchev–Trinajstić information content (AvgIpc) is 2.75. The number of amides is 1. The Morgan fingerprint density at radius 3 is 2.50 bits per heavy atom. The topological polar surface area (TPSA) is 65.7 Å². The molecule has 0 radical (unpaired) electrons. The number of hydrogen-bond donors (Lipinski definition) is 2. The smallest absolute Gasteiger partial charge is 0.242 e. The first-order valence-electron chi connectivity index (χ1n) is 6.71. The number of carbonyl (C=O) groups excluding carboxylic acids is 1. The van der Waals surface area contributed by atoms with E-state index in [4.69, 9.17) is 10.2 Å². The normalized spacial score (nSPS) is 10.9. The number of hydrogen-bond acceptors (Lipinski definition) is 3. The molecule has 2 N–H and O–H groups in total. The highest BCUT2D eigenvalue weighted by Crippen LogP contribution is 2.19. The Morgan fingerprint density at radius 1 is 1.20 bits per heavy atom. The van der Waals surface area contributed by atoms with Crippen molar-refractivity contribution < 1.29 is 15.0 Å². The SMILES string of the molecule is Cc1cc2ccccc2n1CC(=O)N(CCO)CCO. The molecule has 0 aliphatic rings. The second-order valence-corrected chi connectivity index (χ2v) is 4.76. The minimum atomic E-state index is -0.100. The summed E-state index contributed by atoms with van der Waals surface area (Å²) in [5.41, 5.74) is 2.04. The van der Waals surface area contributed by atoms with Crippen LogP contribution in [0.25, 0.3) is 10.9 Å². The lowest BCUT2D eigenvalue weighted by atomic mass is 10.2. The first kappa shape index (κ1) is 14.6. The van der Waals surface area contributed by atoms with Crippen molar-refractivity contribution in [1.82, 2.24) is 9.47 Å². The Hall–Kier alpha value is -1.85. The number of carbonyl (C=O) groups is 1. The summed E-state index contributed by atoms with van der Waals surface area (Å²) in [6.07, 6.45) is 0. The zero-order chi connectivity index (χ0) is 14.5. The molecule has 5 nitrogen and oxygen atoms in total. The van der Waals surface area contributed by atoms with Gasteiger partial charge in [0, 0.05) is 24.3 Å². The van der Waals surface area contributed by atoms with E-state index in [1.165, 1.54) is 4.90 Å². The van der Waals surface area contributed by atoms with Crippen LogP contribution in [0.5, 0.6) is 0 Å². The number of rotatable bonds is 6. The second-order valence-electron chi connectivity index (χ2n) is 4.76. The predicted molar refractivity (Wildman–Crippen MR) is 77.4 cm³/mol. The third kappa shape index (κ3) is 3.00. The molecule has 20 heavy (non-hydrogen) atoms. The summed E-state index contributed by atoms with van der Waals surface area (Å²) < 4.78 is 1.96. The van der Waals surface area contributed by atoms with Crippen molar-refractivity contribution in [3.05, 3.63) is 36.0 Å². The molecule has 5 heteroatoms. The van der Waals surface area contributed by atoms with Gasteiger partial charge < -0.3 is 19.7 Å². The number of aryl methyl sites for hydroxylation is 1. The fourth-order valence-corrected chi connectivity index (χ4v) is 2.40. The monoisotopic (exact) mass is 276 g/mol. The molecule has 0 saturated heterocycles. The van der Waals surface area contributed by atoms with Crippen molar-refractivity contribution in [1.29, 1.82) is 0 Å². The van der Waals surface area contributed by atoms with E-state index in [-0.39, 0.29) is 38.8 Å². The lowest BCUT2D eigenvalue weighted by Gasteiger charge is -2.21. The molecule has 1 amide bonds. The maximum Gasteiger partial charge on any atom is 0.242 e. The van der Waals surface area contributed by atoms with Crippen molar-refractivity contribution in [3.63, 3.8) is 0 Å².